The average molecular weight is 511 g/mol. The smallest absolute Gasteiger partial charge is 0.408 e. The van der Waals surface area contributed by atoms with E-state index < -0.39 is 23.7 Å². The van der Waals surface area contributed by atoms with Crippen molar-refractivity contribution in [1.82, 2.24) is 9.88 Å². The van der Waals surface area contributed by atoms with Crippen LogP contribution in [0.5, 0.6) is 11.5 Å². The zero-order chi connectivity index (χ0) is 27.3. The summed E-state index contributed by atoms with van der Waals surface area (Å²) in [4.78, 5) is 38.7. The van der Waals surface area contributed by atoms with Crippen LogP contribution in [0.15, 0.2) is 47.3 Å². The molecule has 1 N–H and O–H groups in total. The van der Waals surface area contributed by atoms with Crippen LogP contribution in [0, 0.1) is 6.92 Å². The zero-order valence-electron chi connectivity index (χ0n) is 22.3. The summed E-state index contributed by atoms with van der Waals surface area (Å²) in [5.41, 5.74) is 1.76. The fraction of sp³-hybridized carbons (Fsp3) is 0.393. The Balaban J connectivity index is 2.09. The summed E-state index contributed by atoms with van der Waals surface area (Å²) >= 11 is 0. The van der Waals surface area contributed by atoms with Gasteiger partial charge in [-0.2, -0.15) is 0 Å². The molecule has 1 amide bonds. The molecule has 0 aliphatic carbocycles. The Morgan fingerprint density at radius 3 is 2.24 bits per heavy atom. The van der Waals surface area contributed by atoms with Gasteiger partial charge in [0.05, 0.1) is 33.4 Å². The molecular formula is C28H34N2O7. The van der Waals surface area contributed by atoms with Gasteiger partial charge in [-0.3, -0.25) is 4.79 Å². The molecular weight excluding hydrogens is 476 g/mol. The van der Waals surface area contributed by atoms with Crippen LogP contribution < -0.4 is 20.3 Å². The molecule has 1 atom stereocenters. The standard InChI is InChI=1S/C28H34N2O7/c1-17-12-19-13-20(14-22(26(32)36-7)29-27(33)37-28(2,3)4)25(31)30(23(19)15-24(17)35-6)16-18-8-10-21(34-5)11-9-18/h8-13,15,22H,14,16H2,1-7H3,(H,29,33)/t22-/m0/s1. The van der Waals surface area contributed by atoms with Crippen LogP contribution in [-0.4, -0.2) is 49.6 Å². The van der Waals surface area contributed by atoms with E-state index in [1.54, 1.807) is 45.6 Å². The molecule has 3 rings (SSSR count). The third-order valence-electron chi connectivity index (χ3n) is 5.78. The highest BCUT2D eigenvalue weighted by atomic mass is 16.6. The number of rotatable bonds is 8. The van der Waals surface area contributed by atoms with E-state index in [2.05, 4.69) is 5.32 Å². The second-order valence-electron chi connectivity index (χ2n) is 9.72. The third kappa shape index (κ3) is 6.81. The maximum atomic E-state index is 13.8. The van der Waals surface area contributed by atoms with Gasteiger partial charge in [0.25, 0.3) is 5.56 Å². The van der Waals surface area contributed by atoms with Gasteiger partial charge in [-0.15, -0.1) is 0 Å². The van der Waals surface area contributed by atoms with E-state index in [9.17, 15) is 14.4 Å². The molecule has 198 valence electrons. The highest BCUT2D eigenvalue weighted by Crippen LogP contribution is 2.26. The van der Waals surface area contributed by atoms with E-state index in [1.165, 1.54) is 7.11 Å². The van der Waals surface area contributed by atoms with Crippen molar-refractivity contribution in [3.05, 3.63) is 69.5 Å². The molecule has 0 saturated heterocycles. The van der Waals surface area contributed by atoms with Crippen LogP contribution in [0.25, 0.3) is 10.9 Å². The molecule has 0 unspecified atom stereocenters. The molecule has 3 aromatic rings. The van der Waals surface area contributed by atoms with Crippen molar-refractivity contribution >= 4 is 23.0 Å². The number of aryl methyl sites for hydroxylation is 1. The van der Waals surface area contributed by atoms with Gasteiger partial charge in [-0.1, -0.05) is 12.1 Å². The number of hydrogen-bond acceptors (Lipinski definition) is 7. The van der Waals surface area contributed by atoms with Gasteiger partial charge in [-0.25, -0.2) is 9.59 Å². The maximum Gasteiger partial charge on any atom is 0.408 e. The Morgan fingerprint density at radius 2 is 1.68 bits per heavy atom. The molecule has 2 aromatic carbocycles. The number of hydrogen-bond donors (Lipinski definition) is 1. The number of alkyl carbamates (subject to hydrolysis) is 1. The van der Waals surface area contributed by atoms with Gasteiger partial charge >= 0.3 is 12.1 Å². The second kappa shape index (κ2) is 11.4. The van der Waals surface area contributed by atoms with Gasteiger partial charge < -0.3 is 28.8 Å². The number of aromatic nitrogens is 1. The summed E-state index contributed by atoms with van der Waals surface area (Å²) in [5.74, 6) is 0.682. The number of carbonyl (C=O) groups is 2. The first-order valence-corrected chi connectivity index (χ1v) is 11.9. The molecule has 0 radical (unpaired) electrons. The first-order valence-electron chi connectivity index (χ1n) is 11.9. The van der Waals surface area contributed by atoms with Crippen LogP contribution in [-0.2, 0) is 27.2 Å². The van der Waals surface area contributed by atoms with Crippen molar-refractivity contribution in [2.45, 2.75) is 52.3 Å². The number of carbonyl (C=O) groups excluding carboxylic acids is 2. The fourth-order valence-corrected chi connectivity index (χ4v) is 4.02. The van der Waals surface area contributed by atoms with Gasteiger partial charge in [0.2, 0.25) is 0 Å². The van der Waals surface area contributed by atoms with Crippen molar-refractivity contribution in [3.63, 3.8) is 0 Å². The molecule has 1 aromatic heterocycles. The minimum Gasteiger partial charge on any atom is -0.497 e. The quantitative estimate of drug-likeness (QED) is 0.457. The van der Waals surface area contributed by atoms with Crippen LogP contribution in [0.3, 0.4) is 0 Å². The second-order valence-corrected chi connectivity index (χ2v) is 9.72. The fourth-order valence-electron chi connectivity index (χ4n) is 4.02. The lowest BCUT2D eigenvalue weighted by Gasteiger charge is -2.23. The number of benzene rings is 2. The zero-order valence-corrected chi connectivity index (χ0v) is 22.3. The number of esters is 1. The number of amides is 1. The Morgan fingerprint density at radius 1 is 1.00 bits per heavy atom. The first-order chi connectivity index (χ1) is 17.4. The summed E-state index contributed by atoms with van der Waals surface area (Å²) in [7, 11) is 4.40. The van der Waals surface area contributed by atoms with E-state index in [4.69, 9.17) is 18.9 Å². The lowest BCUT2D eigenvalue weighted by Crippen LogP contribution is -2.46. The summed E-state index contributed by atoms with van der Waals surface area (Å²) in [5, 5.41) is 3.34. The maximum absolute atomic E-state index is 13.8. The van der Waals surface area contributed by atoms with Crippen molar-refractivity contribution in [2.24, 2.45) is 0 Å². The van der Waals surface area contributed by atoms with Crippen molar-refractivity contribution in [1.29, 1.82) is 0 Å². The minimum atomic E-state index is -1.11. The molecule has 0 aliphatic heterocycles. The molecule has 9 heteroatoms. The van der Waals surface area contributed by atoms with Crippen LogP contribution in [0.2, 0.25) is 0 Å². The lowest BCUT2D eigenvalue weighted by molar-refractivity contribution is -0.143. The van der Waals surface area contributed by atoms with Crippen molar-refractivity contribution < 1.29 is 28.5 Å². The van der Waals surface area contributed by atoms with E-state index >= 15 is 0 Å². The van der Waals surface area contributed by atoms with E-state index in [0.717, 1.165) is 16.5 Å². The van der Waals surface area contributed by atoms with E-state index in [1.807, 2.05) is 43.3 Å². The third-order valence-corrected chi connectivity index (χ3v) is 5.78. The predicted molar refractivity (Wildman–Crippen MR) is 140 cm³/mol. The minimum absolute atomic E-state index is 0.0750. The van der Waals surface area contributed by atoms with E-state index in [-0.39, 0.29) is 18.5 Å². The van der Waals surface area contributed by atoms with Crippen LogP contribution >= 0.6 is 0 Å². The normalized spacial score (nSPS) is 12.1. The number of nitrogens with zero attached hydrogens (tertiary/aromatic N) is 1. The summed E-state index contributed by atoms with van der Waals surface area (Å²) in [6, 6.07) is 11.8. The molecule has 0 aliphatic rings. The Bertz CT molecular complexity index is 1340. The largest absolute Gasteiger partial charge is 0.497 e. The Hall–Kier alpha value is -4.01. The molecule has 37 heavy (non-hydrogen) atoms. The number of ether oxygens (including phenoxy) is 4. The molecule has 1 heterocycles. The van der Waals surface area contributed by atoms with Gasteiger partial charge in [0.15, 0.2) is 0 Å². The number of fused-ring (bicyclic) bond motifs is 1. The highest BCUT2D eigenvalue weighted by molar-refractivity contribution is 5.84. The van der Waals surface area contributed by atoms with Crippen LogP contribution in [0.1, 0.15) is 37.5 Å². The summed E-state index contributed by atoms with van der Waals surface area (Å²) < 4.78 is 22.6. The van der Waals surface area contributed by atoms with Gasteiger partial charge in [-0.05, 0) is 68.5 Å². The molecule has 0 bridgehead atoms. The number of pyridine rings is 1. The SMILES string of the molecule is COC(=O)[C@H](Cc1cc2cc(C)c(OC)cc2n(Cc2ccc(OC)cc2)c1=O)NC(=O)OC(C)(C)C. The average Bonchev–Trinajstić information content (AvgIpc) is 2.84. The molecule has 0 spiro atoms. The van der Waals surface area contributed by atoms with Gasteiger partial charge in [0.1, 0.15) is 23.1 Å². The number of nitrogens with one attached hydrogen (secondary N) is 1. The van der Waals surface area contributed by atoms with Gasteiger partial charge in [0, 0.05) is 18.1 Å². The lowest BCUT2D eigenvalue weighted by atomic mass is 10.0. The number of methoxy groups -OCH3 is 3. The molecule has 9 nitrogen and oxygen atoms in total. The summed E-state index contributed by atoms with van der Waals surface area (Å²) in [6.07, 6.45) is -0.850. The first kappa shape index (κ1) is 27.6. The molecule has 0 fully saturated rings. The summed E-state index contributed by atoms with van der Waals surface area (Å²) in [6.45, 7) is 7.35. The van der Waals surface area contributed by atoms with Crippen molar-refractivity contribution in [3.8, 4) is 11.5 Å². The predicted octanol–water partition coefficient (Wildman–Crippen LogP) is 3.98. The monoisotopic (exact) mass is 510 g/mol. The Labute approximate surface area is 216 Å². The van der Waals surface area contributed by atoms with E-state index in [0.29, 0.717) is 22.6 Å². The Kier molecular flexibility index (Phi) is 8.47. The van der Waals surface area contributed by atoms with Crippen molar-refractivity contribution in [2.75, 3.05) is 21.3 Å². The topological polar surface area (TPSA) is 105 Å². The molecule has 0 saturated carbocycles. The highest BCUT2D eigenvalue weighted by Gasteiger charge is 2.27. The van der Waals surface area contributed by atoms with Crippen LogP contribution in [0.4, 0.5) is 4.79 Å².